The van der Waals surface area contributed by atoms with Gasteiger partial charge in [-0.25, -0.2) is 8.91 Å². The SMILES string of the molecule is O=C(C=Cc1ccc([N+](=O)[O-])cc1)NCCc1csc2nc(-c3cccc(F)c3)nn12. The molecule has 8 nitrogen and oxygen atoms in total. The maximum Gasteiger partial charge on any atom is 0.269 e. The summed E-state index contributed by atoms with van der Waals surface area (Å²) in [6, 6.07) is 12.0. The Morgan fingerprint density at radius 1 is 1.26 bits per heavy atom. The van der Waals surface area contributed by atoms with Crippen molar-refractivity contribution in [2.45, 2.75) is 6.42 Å². The van der Waals surface area contributed by atoms with E-state index >= 15 is 0 Å². The number of carbonyl (C=O) groups is 1. The van der Waals surface area contributed by atoms with E-state index in [4.69, 9.17) is 0 Å². The van der Waals surface area contributed by atoms with E-state index in [0.29, 0.717) is 34.9 Å². The predicted molar refractivity (Wildman–Crippen MR) is 115 cm³/mol. The molecule has 0 radical (unpaired) electrons. The lowest BCUT2D eigenvalue weighted by Gasteiger charge is -2.01. The Balaban J connectivity index is 1.35. The molecule has 0 bridgehead atoms. The van der Waals surface area contributed by atoms with Gasteiger partial charge in [0.1, 0.15) is 5.82 Å². The van der Waals surface area contributed by atoms with Gasteiger partial charge in [-0.05, 0) is 35.9 Å². The third-order valence-corrected chi connectivity index (χ3v) is 5.31. The number of fused-ring (bicyclic) bond motifs is 1. The van der Waals surface area contributed by atoms with E-state index in [-0.39, 0.29) is 17.4 Å². The molecule has 2 heterocycles. The number of hydrogen-bond acceptors (Lipinski definition) is 6. The first-order valence-electron chi connectivity index (χ1n) is 9.29. The number of halogens is 1. The molecule has 1 N–H and O–H groups in total. The number of benzene rings is 2. The summed E-state index contributed by atoms with van der Waals surface area (Å²) in [5.41, 5.74) is 2.17. The summed E-state index contributed by atoms with van der Waals surface area (Å²) in [6.45, 7) is 0.393. The van der Waals surface area contributed by atoms with Crippen LogP contribution in [0, 0.1) is 15.9 Å². The van der Waals surface area contributed by atoms with Crippen LogP contribution in [0.25, 0.3) is 22.4 Å². The molecule has 0 unspecified atom stereocenters. The summed E-state index contributed by atoms with van der Waals surface area (Å²) in [5.74, 6) is -0.174. The lowest BCUT2D eigenvalue weighted by atomic mass is 10.2. The highest BCUT2D eigenvalue weighted by Crippen LogP contribution is 2.21. The van der Waals surface area contributed by atoms with E-state index < -0.39 is 4.92 Å². The van der Waals surface area contributed by atoms with Crippen molar-refractivity contribution in [2.75, 3.05) is 6.54 Å². The van der Waals surface area contributed by atoms with E-state index in [0.717, 1.165) is 5.69 Å². The van der Waals surface area contributed by atoms with Gasteiger partial charge in [0.2, 0.25) is 10.9 Å². The van der Waals surface area contributed by atoms with Gasteiger partial charge in [-0.2, -0.15) is 4.98 Å². The van der Waals surface area contributed by atoms with Crippen molar-refractivity contribution < 1.29 is 14.1 Å². The van der Waals surface area contributed by atoms with Gasteiger partial charge in [0, 0.05) is 42.1 Å². The van der Waals surface area contributed by atoms with E-state index in [1.54, 1.807) is 34.9 Å². The molecule has 0 aliphatic rings. The quantitative estimate of drug-likeness (QED) is 0.269. The molecule has 4 rings (SSSR count). The minimum absolute atomic E-state index is 0.00246. The maximum atomic E-state index is 13.4. The van der Waals surface area contributed by atoms with Crippen LogP contribution in [0.5, 0.6) is 0 Å². The van der Waals surface area contributed by atoms with Crippen LogP contribution < -0.4 is 5.32 Å². The predicted octanol–water partition coefficient (Wildman–Crippen LogP) is 3.88. The van der Waals surface area contributed by atoms with E-state index in [1.165, 1.54) is 41.7 Å². The highest BCUT2D eigenvalue weighted by molar-refractivity contribution is 7.15. The number of aromatic nitrogens is 3. The van der Waals surface area contributed by atoms with Crippen molar-refractivity contribution >= 4 is 34.0 Å². The summed E-state index contributed by atoms with van der Waals surface area (Å²) >= 11 is 1.42. The summed E-state index contributed by atoms with van der Waals surface area (Å²) in [5, 5.41) is 19.8. The first-order chi connectivity index (χ1) is 15.0. The van der Waals surface area contributed by atoms with Crippen molar-refractivity contribution in [3.63, 3.8) is 0 Å². The van der Waals surface area contributed by atoms with Crippen LogP contribution in [-0.4, -0.2) is 32.0 Å². The number of nitro benzene ring substituents is 1. The lowest BCUT2D eigenvalue weighted by Crippen LogP contribution is -2.23. The van der Waals surface area contributed by atoms with Gasteiger partial charge in [0.25, 0.3) is 5.69 Å². The third-order valence-electron chi connectivity index (χ3n) is 4.44. The smallest absolute Gasteiger partial charge is 0.269 e. The van der Waals surface area contributed by atoms with E-state index in [1.807, 2.05) is 5.38 Å². The lowest BCUT2D eigenvalue weighted by molar-refractivity contribution is -0.384. The Hall–Kier alpha value is -3.92. The fourth-order valence-electron chi connectivity index (χ4n) is 2.90. The van der Waals surface area contributed by atoms with Crippen molar-refractivity contribution in [1.29, 1.82) is 0 Å². The maximum absolute atomic E-state index is 13.4. The molecule has 156 valence electrons. The number of carbonyl (C=O) groups excluding carboxylic acids is 1. The van der Waals surface area contributed by atoms with Crippen LogP contribution in [0.3, 0.4) is 0 Å². The Labute approximate surface area is 179 Å². The first kappa shape index (κ1) is 20.4. The van der Waals surface area contributed by atoms with Crippen LogP contribution in [0.1, 0.15) is 11.3 Å². The number of nitro groups is 1. The molecular weight excluding hydrogens is 421 g/mol. The fourth-order valence-corrected chi connectivity index (χ4v) is 3.75. The average molecular weight is 437 g/mol. The molecule has 0 aliphatic carbocycles. The van der Waals surface area contributed by atoms with Crippen molar-refractivity contribution in [1.82, 2.24) is 19.9 Å². The molecule has 10 heteroatoms. The number of nitrogens with one attached hydrogen (secondary N) is 1. The van der Waals surface area contributed by atoms with Crippen molar-refractivity contribution in [3.05, 3.63) is 87.2 Å². The largest absolute Gasteiger partial charge is 0.352 e. The highest BCUT2D eigenvalue weighted by Gasteiger charge is 2.12. The minimum atomic E-state index is -0.474. The monoisotopic (exact) mass is 437 g/mol. The standard InChI is InChI=1S/C21H16FN5O3S/c22-16-3-1-2-15(12-16)20-24-21-26(25-20)18(13-31-21)10-11-23-19(28)9-6-14-4-7-17(8-5-14)27(29)30/h1-9,12-13H,10-11H2,(H,23,28). The first-order valence-corrected chi connectivity index (χ1v) is 10.2. The fraction of sp³-hybridized carbons (Fsp3) is 0.0952. The topological polar surface area (TPSA) is 102 Å². The Bertz CT molecular complexity index is 1280. The molecule has 0 saturated carbocycles. The van der Waals surface area contributed by atoms with Gasteiger partial charge in [0.15, 0.2) is 5.82 Å². The van der Waals surface area contributed by atoms with Gasteiger partial charge in [-0.1, -0.05) is 12.1 Å². The van der Waals surface area contributed by atoms with Gasteiger partial charge in [-0.3, -0.25) is 14.9 Å². The normalized spacial score (nSPS) is 11.3. The van der Waals surface area contributed by atoms with Crippen LogP contribution in [0.4, 0.5) is 10.1 Å². The zero-order chi connectivity index (χ0) is 21.8. The molecule has 1 amide bonds. The molecule has 31 heavy (non-hydrogen) atoms. The number of hydrogen-bond donors (Lipinski definition) is 1. The molecule has 0 aliphatic heterocycles. The molecule has 0 saturated heterocycles. The van der Waals surface area contributed by atoms with Crippen LogP contribution >= 0.6 is 11.3 Å². The number of non-ortho nitro benzene ring substituents is 1. The minimum Gasteiger partial charge on any atom is -0.352 e. The molecule has 0 atom stereocenters. The molecule has 0 spiro atoms. The summed E-state index contributed by atoms with van der Waals surface area (Å²) in [7, 11) is 0. The summed E-state index contributed by atoms with van der Waals surface area (Å²) in [4.78, 5) is 27.3. The zero-order valence-electron chi connectivity index (χ0n) is 16.1. The molecule has 0 fully saturated rings. The Kier molecular flexibility index (Phi) is 5.80. The van der Waals surface area contributed by atoms with Crippen LogP contribution in [0.2, 0.25) is 0 Å². The molecule has 2 aromatic carbocycles. The van der Waals surface area contributed by atoms with E-state index in [9.17, 15) is 19.3 Å². The number of nitrogens with zero attached hydrogens (tertiary/aromatic N) is 4. The van der Waals surface area contributed by atoms with Crippen molar-refractivity contribution in [2.24, 2.45) is 0 Å². The summed E-state index contributed by atoms with van der Waals surface area (Å²) in [6.07, 6.45) is 3.51. The van der Waals surface area contributed by atoms with Crippen molar-refractivity contribution in [3.8, 4) is 11.4 Å². The Morgan fingerprint density at radius 3 is 2.81 bits per heavy atom. The second kappa shape index (κ2) is 8.84. The van der Waals surface area contributed by atoms with Gasteiger partial charge >= 0.3 is 0 Å². The van der Waals surface area contributed by atoms with E-state index in [2.05, 4.69) is 15.4 Å². The number of thiazole rings is 1. The highest BCUT2D eigenvalue weighted by atomic mass is 32.1. The number of rotatable bonds is 7. The molecular formula is C21H16FN5O3S. The second-order valence-electron chi connectivity index (χ2n) is 6.59. The van der Waals surface area contributed by atoms with Crippen LogP contribution in [0.15, 0.2) is 60.0 Å². The van der Waals surface area contributed by atoms with Crippen LogP contribution in [-0.2, 0) is 11.2 Å². The van der Waals surface area contributed by atoms with Gasteiger partial charge in [-0.15, -0.1) is 16.4 Å². The second-order valence-corrected chi connectivity index (χ2v) is 7.43. The zero-order valence-corrected chi connectivity index (χ0v) is 16.9. The van der Waals surface area contributed by atoms with Gasteiger partial charge in [0.05, 0.1) is 10.6 Å². The Morgan fingerprint density at radius 2 is 2.06 bits per heavy atom. The average Bonchev–Trinajstić information content (AvgIpc) is 3.34. The molecule has 2 aromatic heterocycles. The number of amides is 1. The summed E-state index contributed by atoms with van der Waals surface area (Å²) < 4.78 is 15.1. The molecule has 4 aromatic rings. The van der Waals surface area contributed by atoms with Gasteiger partial charge < -0.3 is 5.32 Å². The third kappa shape index (κ3) is 4.81.